The van der Waals surface area contributed by atoms with Crippen LogP contribution in [-0.4, -0.2) is 34.3 Å². The number of carbonyl (C=O) groups excluding carboxylic acids is 2. The van der Waals surface area contributed by atoms with Crippen molar-refractivity contribution in [3.8, 4) is 0 Å². The minimum Gasteiger partial charge on any atom is -0.343 e. The average Bonchev–Trinajstić information content (AvgIpc) is 2.82. The molecule has 1 heterocycles. The van der Waals surface area contributed by atoms with Gasteiger partial charge in [-0.25, -0.2) is 0 Å². The second kappa shape index (κ2) is 7.37. The number of aryl methyl sites for hydroxylation is 2. The highest BCUT2D eigenvalue weighted by Gasteiger charge is 2.28. The molecule has 25 heavy (non-hydrogen) atoms. The SMILES string of the molecule is Cc1cc(C)n(CC(=O)Nc2ccccc2C(=O)NCC(F)(F)F)n1. The van der Waals surface area contributed by atoms with Crippen LogP contribution in [0.2, 0.25) is 0 Å². The van der Waals surface area contributed by atoms with Crippen molar-refractivity contribution in [3.63, 3.8) is 0 Å². The number of para-hydroxylation sites is 1. The van der Waals surface area contributed by atoms with Crippen LogP contribution in [0, 0.1) is 13.8 Å². The van der Waals surface area contributed by atoms with Gasteiger partial charge in [-0.15, -0.1) is 0 Å². The molecule has 0 radical (unpaired) electrons. The number of alkyl halides is 3. The van der Waals surface area contributed by atoms with Gasteiger partial charge in [0.15, 0.2) is 0 Å². The van der Waals surface area contributed by atoms with E-state index in [1.807, 2.05) is 6.07 Å². The van der Waals surface area contributed by atoms with Crippen molar-refractivity contribution in [2.24, 2.45) is 0 Å². The quantitative estimate of drug-likeness (QED) is 0.866. The van der Waals surface area contributed by atoms with E-state index in [9.17, 15) is 22.8 Å². The summed E-state index contributed by atoms with van der Waals surface area (Å²) in [5, 5.41) is 8.47. The number of hydrogen-bond donors (Lipinski definition) is 2. The Balaban J connectivity index is 2.08. The second-order valence-corrected chi connectivity index (χ2v) is 5.48. The average molecular weight is 354 g/mol. The third-order valence-electron chi connectivity index (χ3n) is 3.29. The molecule has 2 rings (SSSR count). The number of anilines is 1. The summed E-state index contributed by atoms with van der Waals surface area (Å²) in [4.78, 5) is 24.1. The number of hydrogen-bond acceptors (Lipinski definition) is 3. The molecule has 1 aromatic heterocycles. The zero-order valence-electron chi connectivity index (χ0n) is 13.6. The minimum absolute atomic E-state index is 0.0477. The van der Waals surface area contributed by atoms with Gasteiger partial charge in [-0.2, -0.15) is 18.3 Å². The lowest BCUT2D eigenvalue weighted by Crippen LogP contribution is -2.34. The molecule has 0 atom stereocenters. The van der Waals surface area contributed by atoms with Crippen LogP contribution >= 0.6 is 0 Å². The number of rotatable bonds is 5. The van der Waals surface area contributed by atoms with Gasteiger partial charge < -0.3 is 10.6 Å². The molecule has 0 unspecified atom stereocenters. The molecule has 0 aliphatic rings. The van der Waals surface area contributed by atoms with Gasteiger partial charge in [0.05, 0.1) is 16.9 Å². The number of benzene rings is 1. The highest BCUT2D eigenvalue weighted by atomic mass is 19.4. The molecule has 0 saturated carbocycles. The molecule has 2 aromatic rings. The van der Waals surface area contributed by atoms with Crippen LogP contribution in [0.4, 0.5) is 18.9 Å². The summed E-state index contributed by atoms with van der Waals surface area (Å²) in [6.45, 7) is 2.07. The Kier molecular flexibility index (Phi) is 5.45. The summed E-state index contributed by atoms with van der Waals surface area (Å²) in [6.07, 6.45) is -4.51. The molecule has 0 bridgehead atoms. The number of carbonyl (C=O) groups is 2. The monoisotopic (exact) mass is 354 g/mol. The third kappa shape index (κ3) is 5.33. The fourth-order valence-corrected chi connectivity index (χ4v) is 2.23. The van der Waals surface area contributed by atoms with Crippen molar-refractivity contribution in [1.29, 1.82) is 0 Å². The lowest BCUT2D eigenvalue weighted by molar-refractivity contribution is -0.123. The van der Waals surface area contributed by atoms with Gasteiger partial charge in [-0.3, -0.25) is 14.3 Å². The molecular weight excluding hydrogens is 337 g/mol. The normalized spacial score (nSPS) is 11.2. The van der Waals surface area contributed by atoms with E-state index in [2.05, 4.69) is 10.4 Å². The summed E-state index contributed by atoms with van der Waals surface area (Å²) in [7, 11) is 0. The standard InChI is InChI=1S/C16H17F3N4O2/c1-10-7-11(2)23(22-10)8-14(24)21-13-6-4-3-5-12(13)15(25)20-9-16(17,18)19/h3-7H,8-9H2,1-2H3,(H,20,25)(H,21,24). The van der Waals surface area contributed by atoms with Gasteiger partial charge in [0.1, 0.15) is 13.1 Å². The molecule has 0 aliphatic carbocycles. The molecule has 0 aliphatic heterocycles. The number of nitrogens with zero attached hydrogens (tertiary/aromatic N) is 2. The predicted molar refractivity (Wildman–Crippen MR) is 85.2 cm³/mol. The second-order valence-electron chi connectivity index (χ2n) is 5.48. The van der Waals surface area contributed by atoms with Crippen molar-refractivity contribution >= 4 is 17.5 Å². The Morgan fingerprint density at radius 3 is 2.48 bits per heavy atom. The van der Waals surface area contributed by atoms with Crippen molar-refractivity contribution in [2.45, 2.75) is 26.6 Å². The van der Waals surface area contributed by atoms with Gasteiger partial charge in [0.2, 0.25) is 5.91 Å². The van der Waals surface area contributed by atoms with E-state index in [1.54, 1.807) is 25.2 Å². The van der Waals surface area contributed by atoms with E-state index < -0.39 is 24.5 Å². The summed E-state index contributed by atoms with van der Waals surface area (Å²) >= 11 is 0. The summed E-state index contributed by atoms with van der Waals surface area (Å²) in [5.41, 5.74) is 1.64. The molecule has 6 nitrogen and oxygen atoms in total. The lowest BCUT2D eigenvalue weighted by atomic mass is 10.1. The summed E-state index contributed by atoms with van der Waals surface area (Å²) in [6, 6.07) is 7.66. The number of nitrogens with one attached hydrogen (secondary N) is 2. The zero-order valence-corrected chi connectivity index (χ0v) is 13.6. The fraction of sp³-hybridized carbons (Fsp3) is 0.312. The predicted octanol–water partition coefficient (Wildman–Crippen LogP) is 2.43. The van der Waals surface area contributed by atoms with Crippen LogP contribution in [0.1, 0.15) is 21.7 Å². The molecule has 0 fully saturated rings. The molecule has 0 saturated heterocycles. The topological polar surface area (TPSA) is 76.0 Å². The number of amides is 2. The largest absolute Gasteiger partial charge is 0.405 e. The van der Waals surface area contributed by atoms with Crippen LogP contribution in [-0.2, 0) is 11.3 Å². The van der Waals surface area contributed by atoms with Crippen molar-refractivity contribution in [1.82, 2.24) is 15.1 Å². The molecule has 1 aromatic carbocycles. The fourth-order valence-electron chi connectivity index (χ4n) is 2.23. The van der Waals surface area contributed by atoms with Crippen LogP contribution in [0.15, 0.2) is 30.3 Å². The maximum atomic E-state index is 12.2. The van der Waals surface area contributed by atoms with Gasteiger partial charge in [-0.05, 0) is 32.0 Å². The van der Waals surface area contributed by atoms with Crippen molar-refractivity contribution < 1.29 is 22.8 Å². The van der Waals surface area contributed by atoms with Gasteiger partial charge >= 0.3 is 6.18 Å². The summed E-state index contributed by atoms with van der Waals surface area (Å²) in [5.74, 6) is -1.36. The molecule has 134 valence electrons. The van der Waals surface area contributed by atoms with E-state index >= 15 is 0 Å². The van der Waals surface area contributed by atoms with E-state index in [1.165, 1.54) is 22.9 Å². The van der Waals surface area contributed by atoms with E-state index in [-0.39, 0.29) is 17.8 Å². The molecule has 0 spiro atoms. The van der Waals surface area contributed by atoms with Crippen LogP contribution < -0.4 is 10.6 Å². The first-order valence-electron chi connectivity index (χ1n) is 7.40. The molecule has 9 heteroatoms. The minimum atomic E-state index is -4.51. The van der Waals surface area contributed by atoms with Crippen molar-refractivity contribution in [3.05, 3.63) is 47.3 Å². The van der Waals surface area contributed by atoms with E-state index in [4.69, 9.17) is 0 Å². The number of halogens is 3. The third-order valence-corrected chi connectivity index (χ3v) is 3.29. The Bertz CT molecular complexity index is 784. The highest BCUT2D eigenvalue weighted by Crippen LogP contribution is 2.17. The van der Waals surface area contributed by atoms with Crippen molar-refractivity contribution in [2.75, 3.05) is 11.9 Å². The Morgan fingerprint density at radius 2 is 1.88 bits per heavy atom. The zero-order chi connectivity index (χ0) is 18.6. The maximum absolute atomic E-state index is 12.2. The lowest BCUT2D eigenvalue weighted by Gasteiger charge is -2.13. The molecule has 2 amide bonds. The first-order valence-corrected chi connectivity index (χ1v) is 7.40. The Labute approximate surface area is 142 Å². The highest BCUT2D eigenvalue weighted by molar-refractivity contribution is 6.03. The molecular formula is C16H17F3N4O2. The summed E-state index contributed by atoms with van der Waals surface area (Å²) < 4.78 is 38.2. The smallest absolute Gasteiger partial charge is 0.343 e. The van der Waals surface area contributed by atoms with Gasteiger partial charge in [-0.1, -0.05) is 12.1 Å². The number of aromatic nitrogens is 2. The maximum Gasteiger partial charge on any atom is 0.405 e. The van der Waals surface area contributed by atoms with Crippen LogP contribution in [0.25, 0.3) is 0 Å². The van der Waals surface area contributed by atoms with Crippen LogP contribution in [0.3, 0.4) is 0 Å². The van der Waals surface area contributed by atoms with Crippen LogP contribution in [0.5, 0.6) is 0 Å². The Morgan fingerprint density at radius 1 is 1.20 bits per heavy atom. The van der Waals surface area contributed by atoms with E-state index in [0.29, 0.717) is 0 Å². The van der Waals surface area contributed by atoms with E-state index in [0.717, 1.165) is 11.4 Å². The van der Waals surface area contributed by atoms with Gasteiger partial charge in [0.25, 0.3) is 5.91 Å². The first kappa shape index (κ1) is 18.5. The first-order chi connectivity index (χ1) is 11.7. The Hall–Kier alpha value is -2.84. The van der Waals surface area contributed by atoms with Gasteiger partial charge in [0, 0.05) is 5.69 Å². The molecule has 2 N–H and O–H groups in total.